The lowest BCUT2D eigenvalue weighted by atomic mass is 9.86. The number of rotatable bonds is 6. The molecule has 84 valence electrons. The van der Waals surface area contributed by atoms with E-state index in [0.29, 0.717) is 19.3 Å². The van der Waals surface area contributed by atoms with Crippen molar-refractivity contribution in [1.82, 2.24) is 0 Å². The van der Waals surface area contributed by atoms with Crippen LogP contribution < -0.4 is 5.73 Å². The molecule has 3 nitrogen and oxygen atoms in total. The molecule has 0 bridgehead atoms. The largest absolute Gasteiger partial charge is 0.396 e. The molecule has 0 saturated carbocycles. The van der Waals surface area contributed by atoms with Crippen LogP contribution in [0.1, 0.15) is 18.4 Å². The number of hydrogen-bond donors (Lipinski definition) is 3. The Labute approximate surface area is 90.5 Å². The summed E-state index contributed by atoms with van der Waals surface area (Å²) in [5.41, 5.74) is 6.78. The minimum Gasteiger partial charge on any atom is -0.396 e. The summed E-state index contributed by atoms with van der Waals surface area (Å²) >= 11 is 0. The molecule has 0 atom stereocenters. The van der Waals surface area contributed by atoms with Gasteiger partial charge in [0.05, 0.1) is 0 Å². The van der Waals surface area contributed by atoms with Crippen LogP contribution in [0.4, 0.5) is 0 Å². The summed E-state index contributed by atoms with van der Waals surface area (Å²) in [5.74, 6) is 0. The lowest BCUT2D eigenvalue weighted by molar-refractivity contribution is 0.192. The van der Waals surface area contributed by atoms with Crippen LogP contribution in [0.2, 0.25) is 0 Å². The Morgan fingerprint density at radius 3 is 2.00 bits per heavy atom. The Morgan fingerprint density at radius 2 is 1.53 bits per heavy atom. The van der Waals surface area contributed by atoms with Crippen molar-refractivity contribution in [3.05, 3.63) is 35.9 Å². The molecule has 0 spiro atoms. The first-order chi connectivity index (χ1) is 7.20. The summed E-state index contributed by atoms with van der Waals surface area (Å²) in [7, 11) is 0. The highest BCUT2D eigenvalue weighted by atomic mass is 16.3. The smallest absolute Gasteiger partial charge is 0.0448 e. The van der Waals surface area contributed by atoms with Crippen molar-refractivity contribution in [3.8, 4) is 0 Å². The Hall–Kier alpha value is -0.900. The van der Waals surface area contributed by atoms with Crippen LogP contribution in [0.25, 0.3) is 0 Å². The van der Waals surface area contributed by atoms with Gasteiger partial charge in [-0.1, -0.05) is 30.3 Å². The van der Waals surface area contributed by atoms with Crippen molar-refractivity contribution in [2.24, 2.45) is 5.73 Å². The molecule has 0 aromatic heterocycles. The number of aliphatic hydroxyl groups excluding tert-OH is 2. The van der Waals surface area contributed by atoms with Gasteiger partial charge in [0.1, 0.15) is 0 Å². The standard InChI is InChI=1S/C12H19NO2/c13-12(6-8-14,7-9-15)10-11-4-2-1-3-5-11/h1-5,14-15H,6-10,13H2. The molecule has 0 aliphatic rings. The first-order valence-electron chi connectivity index (χ1n) is 5.25. The van der Waals surface area contributed by atoms with Gasteiger partial charge in [0, 0.05) is 18.8 Å². The maximum absolute atomic E-state index is 8.94. The molecule has 0 heterocycles. The monoisotopic (exact) mass is 209 g/mol. The minimum absolute atomic E-state index is 0.0589. The Kier molecular flexibility index (Phi) is 4.75. The molecule has 15 heavy (non-hydrogen) atoms. The summed E-state index contributed by atoms with van der Waals surface area (Å²) in [6, 6.07) is 9.91. The highest BCUT2D eigenvalue weighted by Gasteiger charge is 2.23. The van der Waals surface area contributed by atoms with Gasteiger partial charge in [0.15, 0.2) is 0 Å². The molecule has 0 aliphatic heterocycles. The van der Waals surface area contributed by atoms with Crippen molar-refractivity contribution in [1.29, 1.82) is 0 Å². The topological polar surface area (TPSA) is 66.5 Å². The maximum atomic E-state index is 8.94. The predicted molar refractivity (Wildman–Crippen MR) is 60.5 cm³/mol. The van der Waals surface area contributed by atoms with Gasteiger partial charge in [-0.05, 0) is 24.8 Å². The molecule has 1 aromatic rings. The van der Waals surface area contributed by atoms with Crippen LogP contribution in [0.3, 0.4) is 0 Å². The van der Waals surface area contributed by atoms with E-state index >= 15 is 0 Å². The Balaban J connectivity index is 2.66. The van der Waals surface area contributed by atoms with Gasteiger partial charge in [-0.15, -0.1) is 0 Å². The van der Waals surface area contributed by atoms with Gasteiger partial charge < -0.3 is 15.9 Å². The van der Waals surface area contributed by atoms with Crippen LogP contribution in [-0.4, -0.2) is 29.0 Å². The van der Waals surface area contributed by atoms with E-state index in [4.69, 9.17) is 15.9 Å². The zero-order chi connectivity index (χ0) is 11.1. The van der Waals surface area contributed by atoms with E-state index in [2.05, 4.69) is 0 Å². The molecule has 0 radical (unpaired) electrons. The number of hydrogen-bond acceptors (Lipinski definition) is 3. The minimum atomic E-state index is -0.495. The first kappa shape index (κ1) is 12.2. The SMILES string of the molecule is NC(CCO)(CCO)Cc1ccccc1. The molecule has 4 N–H and O–H groups in total. The van der Waals surface area contributed by atoms with Crippen LogP contribution in [0, 0.1) is 0 Å². The van der Waals surface area contributed by atoms with Gasteiger partial charge >= 0.3 is 0 Å². The van der Waals surface area contributed by atoms with E-state index in [1.807, 2.05) is 30.3 Å². The first-order valence-corrected chi connectivity index (χ1v) is 5.25. The fourth-order valence-electron chi connectivity index (χ4n) is 1.75. The van der Waals surface area contributed by atoms with Gasteiger partial charge in [-0.25, -0.2) is 0 Å². The quantitative estimate of drug-likeness (QED) is 0.646. The normalized spacial score (nSPS) is 11.7. The van der Waals surface area contributed by atoms with Crippen molar-refractivity contribution >= 4 is 0 Å². The molecule has 0 amide bonds. The van der Waals surface area contributed by atoms with Crippen molar-refractivity contribution in [2.45, 2.75) is 24.8 Å². The lowest BCUT2D eigenvalue weighted by Gasteiger charge is -2.28. The molecule has 1 rings (SSSR count). The third kappa shape index (κ3) is 4.00. The number of benzene rings is 1. The average molecular weight is 209 g/mol. The molecule has 1 aromatic carbocycles. The second kappa shape index (κ2) is 5.85. The zero-order valence-electron chi connectivity index (χ0n) is 8.89. The van der Waals surface area contributed by atoms with E-state index in [1.54, 1.807) is 0 Å². The molecule has 3 heteroatoms. The van der Waals surface area contributed by atoms with Crippen LogP contribution in [-0.2, 0) is 6.42 Å². The van der Waals surface area contributed by atoms with E-state index < -0.39 is 5.54 Å². The fraction of sp³-hybridized carbons (Fsp3) is 0.500. The summed E-state index contributed by atoms with van der Waals surface area (Å²) in [6.07, 6.45) is 1.72. The van der Waals surface area contributed by atoms with E-state index in [1.165, 1.54) is 0 Å². The molecular formula is C12H19NO2. The van der Waals surface area contributed by atoms with Crippen LogP contribution in [0.15, 0.2) is 30.3 Å². The summed E-state index contributed by atoms with van der Waals surface area (Å²) in [4.78, 5) is 0. The Morgan fingerprint density at radius 1 is 1.00 bits per heavy atom. The lowest BCUT2D eigenvalue weighted by Crippen LogP contribution is -2.43. The molecule has 0 saturated heterocycles. The number of aliphatic hydroxyl groups is 2. The van der Waals surface area contributed by atoms with Crippen LogP contribution >= 0.6 is 0 Å². The highest BCUT2D eigenvalue weighted by Crippen LogP contribution is 2.18. The fourth-order valence-corrected chi connectivity index (χ4v) is 1.75. The number of nitrogens with two attached hydrogens (primary N) is 1. The molecular weight excluding hydrogens is 190 g/mol. The molecule has 0 aliphatic carbocycles. The summed E-state index contributed by atoms with van der Waals surface area (Å²) < 4.78 is 0. The summed E-state index contributed by atoms with van der Waals surface area (Å²) in [6.45, 7) is 0.118. The van der Waals surface area contributed by atoms with Gasteiger partial charge in [0.25, 0.3) is 0 Å². The predicted octanol–water partition coefficient (Wildman–Crippen LogP) is 0.691. The molecule has 0 fully saturated rings. The van der Waals surface area contributed by atoms with E-state index in [-0.39, 0.29) is 13.2 Å². The summed E-state index contributed by atoms with van der Waals surface area (Å²) in [5, 5.41) is 17.9. The van der Waals surface area contributed by atoms with E-state index in [9.17, 15) is 0 Å². The van der Waals surface area contributed by atoms with Crippen molar-refractivity contribution < 1.29 is 10.2 Å². The van der Waals surface area contributed by atoms with Crippen LogP contribution in [0.5, 0.6) is 0 Å². The highest BCUT2D eigenvalue weighted by molar-refractivity contribution is 5.17. The van der Waals surface area contributed by atoms with Crippen molar-refractivity contribution in [3.63, 3.8) is 0 Å². The zero-order valence-corrected chi connectivity index (χ0v) is 8.89. The van der Waals surface area contributed by atoms with Gasteiger partial charge in [-0.3, -0.25) is 0 Å². The average Bonchev–Trinajstić information content (AvgIpc) is 2.19. The third-order valence-electron chi connectivity index (χ3n) is 2.62. The molecule has 0 unspecified atom stereocenters. The van der Waals surface area contributed by atoms with Gasteiger partial charge in [0.2, 0.25) is 0 Å². The van der Waals surface area contributed by atoms with Crippen molar-refractivity contribution in [2.75, 3.05) is 13.2 Å². The second-order valence-electron chi connectivity index (χ2n) is 3.97. The maximum Gasteiger partial charge on any atom is 0.0448 e. The third-order valence-corrected chi connectivity index (χ3v) is 2.62. The van der Waals surface area contributed by atoms with E-state index in [0.717, 1.165) is 5.56 Å². The second-order valence-corrected chi connectivity index (χ2v) is 3.97. The van der Waals surface area contributed by atoms with Gasteiger partial charge in [-0.2, -0.15) is 0 Å². The Bertz CT molecular complexity index is 268.